The van der Waals surface area contributed by atoms with Crippen LogP contribution in [0, 0.1) is 6.92 Å². The fraction of sp³-hybridized carbons (Fsp3) is 0.467. The highest BCUT2D eigenvalue weighted by Crippen LogP contribution is 2.19. The van der Waals surface area contributed by atoms with Gasteiger partial charge in [-0.1, -0.05) is 18.5 Å². The van der Waals surface area contributed by atoms with Crippen LogP contribution in [-0.2, 0) is 14.3 Å². The van der Waals surface area contributed by atoms with Crippen LogP contribution in [0.4, 0.5) is 5.69 Å². The van der Waals surface area contributed by atoms with Crippen molar-refractivity contribution in [3.8, 4) is 0 Å². The number of carbonyl (C=O) groups excluding carboxylic acids is 2. The average Bonchev–Trinajstić information content (AvgIpc) is 2.46. The van der Waals surface area contributed by atoms with Crippen LogP contribution in [0.1, 0.15) is 18.9 Å². The normalized spacial score (nSPS) is 10.5. The zero-order chi connectivity index (χ0) is 15.8. The summed E-state index contributed by atoms with van der Waals surface area (Å²) in [4.78, 5) is 25.0. The lowest BCUT2D eigenvalue weighted by Gasteiger charge is -2.19. The van der Waals surface area contributed by atoms with Crippen molar-refractivity contribution in [1.82, 2.24) is 4.90 Å². The summed E-state index contributed by atoms with van der Waals surface area (Å²) in [5, 5.41) is 3.49. The summed E-state index contributed by atoms with van der Waals surface area (Å²) >= 11 is 5.88. The molecule has 0 aliphatic rings. The Labute approximate surface area is 130 Å². The van der Waals surface area contributed by atoms with Gasteiger partial charge in [0.05, 0.1) is 20.1 Å². The van der Waals surface area contributed by atoms with Gasteiger partial charge in [-0.15, -0.1) is 0 Å². The van der Waals surface area contributed by atoms with Crippen molar-refractivity contribution in [2.24, 2.45) is 0 Å². The van der Waals surface area contributed by atoms with Gasteiger partial charge in [-0.2, -0.15) is 0 Å². The van der Waals surface area contributed by atoms with Crippen molar-refractivity contribution in [3.05, 3.63) is 28.8 Å². The van der Waals surface area contributed by atoms with Gasteiger partial charge < -0.3 is 10.1 Å². The van der Waals surface area contributed by atoms with Crippen molar-refractivity contribution in [2.75, 3.05) is 32.1 Å². The number of hydrogen-bond acceptors (Lipinski definition) is 4. The fourth-order valence-electron chi connectivity index (χ4n) is 1.86. The summed E-state index contributed by atoms with van der Waals surface area (Å²) in [6.45, 7) is 5.24. The third-order valence-electron chi connectivity index (χ3n) is 3.14. The van der Waals surface area contributed by atoms with Gasteiger partial charge in [0.2, 0.25) is 5.91 Å². The molecule has 21 heavy (non-hydrogen) atoms. The summed E-state index contributed by atoms with van der Waals surface area (Å²) in [7, 11) is 1.36. The second-order valence-electron chi connectivity index (χ2n) is 4.70. The largest absolute Gasteiger partial charge is 0.469 e. The summed E-state index contributed by atoms with van der Waals surface area (Å²) in [6, 6.07) is 5.31. The highest BCUT2D eigenvalue weighted by Gasteiger charge is 2.12. The zero-order valence-electron chi connectivity index (χ0n) is 12.6. The predicted molar refractivity (Wildman–Crippen MR) is 83.6 cm³/mol. The van der Waals surface area contributed by atoms with E-state index in [2.05, 4.69) is 10.1 Å². The number of methoxy groups -OCH3 is 1. The van der Waals surface area contributed by atoms with Crippen LogP contribution < -0.4 is 5.32 Å². The Morgan fingerprint density at radius 2 is 2.10 bits per heavy atom. The fourth-order valence-corrected chi connectivity index (χ4v) is 2.09. The summed E-state index contributed by atoms with van der Waals surface area (Å²) in [5.74, 6) is -0.394. The van der Waals surface area contributed by atoms with Crippen molar-refractivity contribution >= 4 is 29.2 Å². The second kappa shape index (κ2) is 8.64. The highest BCUT2D eigenvalue weighted by atomic mass is 35.5. The monoisotopic (exact) mass is 312 g/mol. The van der Waals surface area contributed by atoms with E-state index in [1.807, 2.05) is 18.7 Å². The van der Waals surface area contributed by atoms with Crippen LogP contribution >= 0.6 is 11.6 Å². The molecule has 0 saturated carbocycles. The topological polar surface area (TPSA) is 58.6 Å². The molecule has 6 heteroatoms. The van der Waals surface area contributed by atoms with Crippen LogP contribution in [0.3, 0.4) is 0 Å². The molecule has 1 aromatic carbocycles. The maximum absolute atomic E-state index is 12.0. The Kier molecular flexibility index (Phi) is 7.19. The van der Waals surface area contributed by atoms with Crippen molar-refractivity contribution in [3.63, 3.8) is 0 Å². The smallest absolute Gasteiger partial charge is 0.306 e. The molecule has 0 fully saturated rings. The quantitative estimate of drug-likeness (QED) is 0.786. The van der Waals surface area contributed by atoms with Crippen LogP contribution in [0.5, 0.6) is 0 Å². The van der Waals surface area contributed by atoms with E-state index in [9.17, 15) is 9.59 Å². The molecule has 0 aromatic heterocycles. The molecule has 0 heterocycles. The maximum atomic E-state index is 12.0. The Bertz CT molecular complexity index is 506. The summed E-state index contributed by atoms with van der Waals surface area (Å²) in [5.41, 5.74) is 1.65. The van der Waals surface area contributed by atoms with Crippen LogP contribution in [0.25, 0.3) is 0 Å². The number of likely N-dealkylation sites (N-methyl/N-ethyl adjacent to an activating group) is 1. The highest BCUT2D eigenvalue weighted by molar-refractivity contribution is 6.30. The molecule has 0 atom stereocenters. The van der Waals surface area contributed by atoms with Gasteiger partial charge >= 0.3 is 5.97 Å². The van der Waals surface area contributed by atoms with Crippen molar-refractivity contribution in [2.45, 2.75) is 20.3 Å². The Hall–Kier alpha value is -1.59. The van der Waals surface area contributed by atoms with Crippen LogP contribution in [-0.4, -0.2) is 43.5 Å². The molecule has 1 aromatic rings. The minimum atomic E-state index is -0.276. The van der Waals surface area contributed by atoms with E-state index in [-0.39, 0.29) is 24.8 Å². The third kappa shape index (κ3) is 6.14. The first-order chi connectivity index (χ1) is 9.96. The van der Waals surface area contributed by atoms with E-state index in [0.717, 1.165) is 11.3 Å². The predicted octanol–water partition coefficient (Wildman–Crippen LogP) is 2.47. The van der Waals surface area contributed by atoms with Crippen molar-refractivity contribution in [1.29, 1.82) is 0 Å². The number of carbonyl (C=O) groups is 2. The van der Waals surface area contributed by atoms with Gasteiger partial charge in [-0.3, -0.25) is 14.5 Å². The first-order valence-electron chi connectivity index (χ1n) is 6.81. The number of nitrogens with one attached hydrogen (secondary N) is 1. The molecular weight excluding hydrogens is 292 g/mol. The van der Waals surface area contributed by atoms with Gasteiger partial charge in [0.25, 0.3) is 0 Å². The molecule has 1 amide bonds. The maximum Gasteiger partial charge on any atom is 0.306 e. The third-order valence-corrected chi connectivity index (χ3v) is 3.37. The average molecular weight is 313 g/mol. The number of amides is 1. The SMILES string of the molecule is CCN(CCC(=O)OC)CC(=O)Nc1ccc(Cl)cc1C. The molecule has 5 nitrogen and oxygen atoms in total. The number of hydrogen-bond donors (Lipinski definition) is 1. The van der Waals surface area contributed by atoms with E-state index in [0.29, 0.717) is 18.1 Å². The zero-order valence-corrected chi connectivity index (χ0v) is 13.4. The van der Waals surface area contributed by atoms with E-state index in [4.69, 9.17) is 11.6 Å². The number of halogens is 1. The Morgan fingerprint density at radius 1 is 1.38 bits per heavy atom. The standard InChI is InChI=1S/C15H21ClN2O3/c1-4-18(8-7-15(20)21-3)10-14(19)17-13-6-5-12(16)9-11(13)2/h5-6,9H,4,7-8,10H2,1-3H3,(H,17,19). The van der Waals surface area contributed by atoms with Gasteiger partial charge in [0.1, 0.15) is 0 Å². The molecule has 1 rings (SSSR count). The molecular formula is C15H21ClN2O3. The lowest BCUT2D eigenvalue weighted by atomic mass is 10.2. The van der Waals surface area contributed by atoms with E-state index in [1.54, 1.807) is 18.2 Å². The first-order valence-corrected chi connectivity index (χ1v) is 7.19. The number of nitrogens with zero attached hydrogens (tertiary/aromatic N) is 1. The van der Waals surface area contributed by atoms with E-state index in [1.165, 1.54) is 7.11 Å². The minimum absolute atomic E-state index is 0.118. The molecule has 1 N–H and O–H groups in total. The van der Waals surface area contributed by atoms with E-state index < -0.39 is 0 Å². The van der Waals surface area contributed by atoms with Crippen molar-refractivity contribution < 1.29 is 14.3 Å². The number of anilines is 1. The summed E-state index contributed by atoms with van der Waals surface area (Å²) in [6.07, 6.45) is 0.275. The van der Waals surface area contributed by atoms with Gasteiger partial charge in [-0.05, 0) is 37.2 Å². The molecule has 116 valence electrons. The summed E-state index contributed by atoms with van der Waals surface area (Å²) < 4.78 is 4.59. The van der Waals surface area contributed by atoms with Crippen LogP contribution in [0.2, 0.25) is 5.02 Å². The molecule has 0 unspecified atom stereocenters. The first kappa shape index (κ1) is 17.5. The van der Waals surface area contributed by atoms with Crippen LogP contribution in [0.15, 0.2) is 18.2 Å². The van der Waals surface area contributed by atoms with Gasteiger partial charge in [0.15, 0.2) is 0 Å². The molecule has 0 aliphatic carbocycles. The lowest BCUT2D eigenvalue weighted by molar-refractivity contribution is -0.141. The number of rotatable bonds is 7. The number of benzene rings is 1. The number of esters is 1. The molecule has 0 bridgehead atoms. The molecule has 0 saturated heterocycles. The second-order valence-corrected chi connectivity index (χ2v) is 5.14. The number of aryl methyl sites for hydroxylation is 1. The Balaban J connectivity index is 2.52. The lowest BCUT2D eigenvalue weighted by Crippen LogP contribution is -2.34. The van der Waals surface area contributed by atoms with Gasteiger partial charge in [0, 0.05) is 17.3 Å². The Morgan fingerprint density at radius 3 is 2.67 bits per heavy atom. The molecule has 0 spiro atoms. The molecule has 0 radical (unpaired) electrons. The minimum Gasteiger partial charge on any atom is -0.469 e. The molecule has 0 aliphatic heterocycles. The van der Waals surface area contributed by atoms with Gasteiger partial charge in [-0.25, -0.2) is 0 Å². The number of ether oxygens (including phenoxy) is 1. The van der Waals surface area contributed by atoms with E-state index >= 15 is 0 Å².